The molecule has 3 rings (SSSR count). The molecule has 138 valence electrons. The van der Waals surface area contributed by atoms with E-state index in [1.807, 2.05) is 25.1 Å². The molecule has 1 atom stereocenters. The molecule has 1 aliphatic rings. The summed E-state index contributed by atoms with van der Waals surface area (Å²) in [7, 11) is 0. The van der Waals surface area contributed by atoms with Crippen molar-refractivity contribution in [2.75, 3.05) is 18.5 Å². The Kier molecular flexibility index (Phi) is 6.29. The van der Waals surface area contributed by atoms with E-state index in [4.69, 9.17) is 9.47 Å². The Bertz CT molecular complexity index is 734. The van der Waals surface area contributed by atoms with Crippen LogP contribution in [-0.2, 0) is 16.0 Å². The molecule has 2 aromatic rings. The lowest BCUT2D eigenvalue weighted by molar-refractivity contribution is -0.116. The zero-order chi connectivity index (χ0) is 18.4. The standard InChI is InChI=1S/C22H27NO3/c1-16-5-8-18(9-6-16)10-12-22(24)23-20-11-7-17(2)14-21(20)26-15-19-4-3-13-25-19/h5-9,11,14,19H,3-4,10,12-13,15H2,1-2H3,(H,23,24). The topological polar surface area (TPSA) is 47.6 Å². The van der Waals surface area contributed by atoms with Crippen molar-refractivity contribution in [2.24, 2.45) is 0 Å². The molecule has 0 spiro atoms. The maximum atomic E-state index is 12.4. The molecule has 0 bridgehead atoms. The predicted molar refractivity (Wildman–Crippen MR) is 104 cm³/mol. The Morgan fingerprint density at radius 3 is 2.65 bits per heavy atom. The Labute approximate surface area is 155 Å². The smallest absolute Gasteiger partial charge is 0.224 e. The molecule has 0 aliphatic carbocycles. The van der Waals surface area contributed by atoms with Gasteiger partial charge >= 0.3 is 0 Å². The molecule has 4 heteroatoms. The first-order valence-corrected chi connectivity index (χ1v) is 9.30. The minimum absolute atomic E-state index is 0.00334. The monoisotopic (exact) mass is 353 g/mol. The molecule has 0 aromatic heterocycles. The van der Waals surface area contributed by atoms with Gasteiger partial charge in [-0.1, -0.05) is 35.9 Å². The largest absolute Gasteiger partial charge is 0.489 e. The molecule has 1 aliphatic heterocycles. The first kappa shape index (κ1) is 18.5. The van der Waals surface area contributed by atoms with Crippen molar-refractivity contribution in [1.82, 2.24) is 0 Å². The van der Waals surface area contributed by atoms with Gasteiger partial charge in [-0.25, -0.2) is 0 Å². The average molecular weight is 353 g/mol. The lowest BCUT2D eigenvalue weighted by atomic mass is 10.1. The zero-order valence-corrected chi connectivity index (χ0v) is 15.6. The number of hydrogen-bond acceptors (Lipinski definition) is 3. The average Bonchev–Trinajstić information content (AvgIpc) is 3.15. The number of amides is 1. The van der Waals surface area contributed by atoms with Crippen molar-refractivity contribution in [3.63, 3.8) is 0 Å². The zero-order valence-electron chi connectivity index (χ0n) is 15.6. The van der Waals surface area contributed by atoms with Crippen LogP contribution < -0.4 is 10.1 Å². The summed E-state index contributed by atoms with van der Waals surface area (Å²) in [5.41, 5.74) is 4.22. The maximum Gasteiger partial charge on any atom is 0.224 e. The van der Waals surface area contributed by atoms with E-state index in [1.165, 1.54) is 11.1 Å². The van der Waals surface area contributed by atoms with Crippen molar-refractivity contribution in [3.8, 4) is 5.75 Å². The molecule has 1 heterocycles. The van der Waals surface area contributed by atoms with Crippen LogP contribution in [0.25, 0.3) is 0 Å². The van der Waals surface area contributed by atoms with Gasteiger partial charge in [0.25, 0.3) is 0 Å². The van der Waals surface area contributed by atoms with Crippen LogP contribution in [0.5, 0.6) is 5.75 Å². The molecular formula is C22H27NO3. The second-order valence-electron chi connectivity index (χ2n) is 6.98. The first-order chi connectivity index (χ1) is 12.6. The van der Waals surface area contributed by atoms with Crippen molar-refractivity contribution in [1.29, 1.82) is 0 Å². The maximum absolute atomic E-state index is 12.4. The number of rotatable bonds is 7. The van der Waals surface area contributed by atoms with Crippen LogP contribution in [0, 0.1) is 13.8 Å². The highest BCUT2D eigenvalue weighted by atomic mass is 16.5. The lowest BCUT2D eigenvalue weighted by Gasteiger charge is -2.16. The highest BCUT2D eigenvalue weighted by Gasteiger charge is 2.17. The number of nitrogens with one attached hydrogen (secondary N) is 1. The molecule has 4 nitrogen and oxygen atoms in total. The fourth-order valence-corrected chi connectivity index (χ4v) is 3.04. The van der Waals surface area contributed by atoms with Gasteiger partial charge in [0.2, 0.25) is 5.91 Å². The van der Waals surface area contributed by atoms with Crippen LogP contribution in [0.4, 0.5) is 5.69 Å². The second kappa shape index (κ2) is 8.86. The molecule has 1 fully saturated rings. The van der Waals surface area contributed by atoms with Crippen LogP contribution in [0.2, 0.25) is 0 Å². The van der Waals surface area contributed by atoms with Crippen molar-refractivity contribution in [2.45, 2.75) is 45.6 Å². The molecule has 0 radical (unpaired) electrons. The van der Waals surface area contributed by atoms with E-state index < -0.39 is 0 Å². The van der Waals surface area contributed by atoms with E-state index in [-0.39, 0.29) is 12.0 Å². The van der Waals surface area contributed by atoms with Crippen LogP contribution in [0.3, 0.4) is 0 Å². The van der Waals surface area contributed by atoms with Crippen LogP contribution in [-0.4, -0.2) is 25.2 Å². The molecule has 1 amide bonds. The fourth-order valence-electron chi connectivity index (χ4n) is 3.04. The number of hydrogen-bond donors (Lipinski definition) is 1. The number of carbonyl (C=O) groups excluding carboxylic acids is 1. The number of ether oxygens (including phenoxy) is 2. The van der Waals surface area contributed by atoms with Gasteiger partial charge in [0.1, 0.15) is 12.4 Å². The van der Waals surface area contributed by atoms with Gasteiger partial charge in [0, 0.05) is 13.0 Å². The van der Waals surface area contributed by atoms with Gasteiger partial charge in [-0.15, -0.1) is 0 Å². The van der Waals surface area contributed by atoms with Gasteiger partial charge in [-0.05, 0) is 56.4 Å². The Morgan fingerprint density at radius 2 is 1.92 bits per heavy atom. The molecular weight excluding hydrogens is 326 g/mol. The van der Waals surface area contributed by atoms with Crippen molar-refractivity contribution in [3.05, 3.63) is 59.2 Å². The van der Waals surface area contributed by atoms with E-state index in [0.717, 1.165) is 37.1 Å². The van der Waals surface area contributed by atoms with Crippen LogP contribution in [0.1, 0.15) is 36.0 Å². The van der Waals surface area contributed by atoms with E-state index >= 15 is 0 Å². The highest BCUT2D eigenvalue weighted by molar-refractivity contribution is 5.92. The molecule has 1 saturated heterocycles. The quantitative estimate of drug-likeness (QED) is 0.801. The number of anilines is 1. The predicted octanol–water partition coefficient (Wildman–Crippen LogP) is 4.43. The van der Waals surface area contributed by atoms with Crippen LogP contribution in [0.15, 0.2) is 42.5 Å². The van der Waals surface area contributed by atoms with E-state index in [0.29, 0.717) is 18.8 Å². The van der Waals surface area contributed by atoms with Gasteiger partial charge in [-0.3, -0.25) is 4.79 Å². The Balaban J connectivity index is 1.56. The Hall–Kier alpha value is -2.33. The van der Waals surface area contributed by atoms with Gasteiger partial charge in [0.15, 0.2) is 0 Å². The summed E-state index contributed by atoms with van der Waals surface area (Å²) < 4.78 is 11.5. The van der Waals surface area contributed by atoms with Crippen molar-refractivity contribution >= 4 is 11.6 Å². The Morgan fingerprint density at radius 1 is 1.15 bits per heavy atom. The lowest BCUT2D eigenvalue weighted by Crippen LogP contribution is -2.18. The molecule has 0 saturated carbocycles. The molecule has 1 N–H and O–H groups in total. The summed E-state index contributed by atoms with van der Waals surface area (Å²) in [6.07, 6.45) is 3.45. The normalized spacial score (nSPS) is 16.5. The summed E-state index contributed by atoms with van der Waals surface area (Å²) >= 11 is 0. The third-order valence-electron chi connectivity index (χ3n) is 4.62. The van der Waals surface area contributed by atoms with E-state index in [2.05, 4.69) is 36.5 Å². The number of benzene rings is 2. The second-order valence-corrected chi connectivity index (χ2v) is 6.98. The van der Waals surface area contributed by atoms with Gasteiger partial charge < -0.3 is 14.8 Å². The van der Waals surface area contributed by atoms with Gasteiger partial charge in [0.05, 0.1) is 11.8 Å². The number of carbonyl (C=O) groups is 1. The summed E-state index contributed by atoms with van der Waals surface area (Å²) in [6, 6.07) is 14.1. The van der Waals surface area contributed by atoms with Crippen LogP contribution >= 0.6 is 0 Å². The molecule has 2 aromatic carbocycles. The summed E-state index contributed by atoms with van der Waals surface area (Å²) in [4.78, 5) is 12.4. The SMILES string of the molecule is Cc1ccc(CCC(=O)Nc2ccc(C)cc2OCC2CCCO2)cc1. The minimum Gasteiger partial charge on any atom is -0.489 e. The van der Waals surface area contributed by atoms with E-state index in [9.17, 15) is 4.79 Å². The van der Waals surface area contributed by atoms with Gasteiger partial charge in [-0.2, -0.15) is 0 Å². The summed E-state index contributed by atoms with van der Waals surface area (Å²) in [5.74, 6) is 0.709. The molecule has 1 unspecified atom stereocenters. The molecule has 26 heavy (non-hydrogen) atoms. The summed E-state index contributed by atoms with van der Waals surface area (Å²) in [6.45, 7) is 5.41. The fraction of sp³-hybridized carbons (Fsp3) is 0.409. The first-order valence-electron chi connectivity index (χ1n) is 9.30. The number of aryl methyl sites for hydroxylation is 3. The third kappa shape index (κ3) is 5.33. The minimum atomic E-state index is -0.00334. The van der Waals surface area contributed by atoms with E-state index in [1.54, 1.807) is 0 Å². The van der Waals surface area contributed by atoms with Crippen molar-refractivity contribution < 1.29 is 14.3 Å². The third-order valence-corrected chi connectivity index (χ3v) is 4.62. The highest BCUT2D eigenvalue weighted by Crippen LogP contribution is 2.27. The summed E-state index contributed by atoms with van der Waals surface area (Å²) in [5, 5.41) is 2.99.